The van der Waals surface area contributed by atoms with Gasteiger partial charge in [-0.1, -0.05) is 6.92 Å². The molecule has 0 saturated carbocycles. The molecule has 0 aromatic heterocycles. The predicted octanol–water partition coefficient (Wildman–Crippen LogP) is 2.55. The van der Waals surface area contributed by atoms with Gasteiger partial charge in [0.15, 0.2) is 11.5 Å². The van der Waals surface area contributed by atoms with E-state index in [-0.39, 0.29) is 5.92 Å². The van der Waals surface area contributed by atoms with Gasteiger partial charge in [0.05, 0.1) is 20.3 Å². The molecule has 0 amide bonds. The Hall–Kier alpha value is -1.71. The molecule has 4 nitrogen and oxygen atoms in total. The van der Waals surface area contributed by atoms with Crippen LogP contribution in [0.4, 0.5) is 0 Å². The highest BCUT2D eigenvalue weighted by Crippen LogP contribution is 2.43. The number of hydrogen-bond donors (Lipinski definition) is 0. The number of carbonyl (C=O) groups excluding carboxylic acids is 1. The molecule has 0 bridgehead atoms. The van der Waals surface area contributed by atoms with E-state index in [1.54, 1.807) is 7.11 Å². The molecule has 1 heterocycles. The third kappa shape index (κ3) is 2.42. The molecule has 1 aliphatic rings. The molecule has 0 N–H and O–H groups in total. The molecule has 4 heteroatoms. The van der Waals surface area contributed by atoms with Crippen LogP contribution in [0.3, 0.4) is 0 Å². The number of rotatable bonds is 4. The summed E-state index contributed by atoms with van der Waals surface area (Å²) in [5, 5.41) is 0. The average Bonchev–Trinajstić information content (AvgIpc) is 2.62. The molecular weight excluding hydrogens is 232 g/mol. The first-order chi connectivity index (χ1) is 8.77. The molecule has 0 saturated heterocycles. The van der Waals surface area contributed by atoms with Crippen molar-refractivity contribution in [1.29, 1.82) is 0 Å². The summed E-state index contributed by atoms with van der Waals surface area (Å²) in [4.78, 5) is 10.7. The molecule has 1 aliphatic heterocycles. The van der Waals surface area contributed by atoms with Gasteiger partial charge < -0.3 is 19.0 Å². The van der Waals surface area contributed by atoms with Crippen LogP contribution in [-0.2, 0) is 4.79 Å². The quantitative estimate of drug-likeness (QED) is 0.770. The Morgan fingerprint density at radius 2 is 2.17 bits per heavy atom. The van der Waals surface area contributed by atoms with Gasteiger partial charge in [-0.2, -0.15) is 0 Å². The molecule has 1 aromatic rings. The van der Waals surface area contributed by atoms with Gasteiger partial charge in [-0.15, -0.1) is 0 Å². The van der Waals surface area contributed by atoms with Crippen molar-refractivity contribution in [2.75, 3.05) is 20.3 Å². The molecule has 0 fully saturated rings. The van der Waals surface area contributed by atoms with Crippen molar-refractivity contribution in [3.63, 3.8) is 0 Å². The fourth-order valence-corrected chi connectivity index (χ4v) is 2.15. The Bertz CT molecular complexity index is 428. The normalized spacial score (nSPS) is 15.7. The number of ether oxygens (including phenoxy) is 3. The van der Waals surface area contributed by atoms with E-state index in [1.807, 2.05) is 19.1 Å². The first-order valence-electron chi connectivity index (χ1n) is 6.18. The van der Waals surface area contributed by atoms with Crippen molar-refractivity contribution in [3.05, 3.63) is 17.7 Å². The lowest BCUT2D eigenvalue weighted by molar-refractivity contribution is -0.108. The summed E-state index contributed by atoms with van der Waals surface area (Å²) in [5.74, 6) is 2.25. The van der Waals surface area contributed by atoms with Gasteiger partial charge in [-0.3, -0.25) is 0 Å². The minimum Gasteiger partial charge on any atom is -0.496 e. The third-order valence-corrected chi connectivity index (χ3v) is 3.08. The summed E-state index contributed by atoms with van der Waals surface area (Å²) in [6.45, 7) is 3.27. The van der Waals surface area contributed by atoms with Gasteiger partial charge in [0.1, 0.15) is 12.0 Å². The largest absolute Gasteiger partial charge is 0.496 e. The first kappa shape index (κ1) is 12.7. The summed E-state index contributed by atoms with van der Waals surface area (Å²) >= 11 is 0. The minimum atomic E-state index is 0.0501. The van der Waals surface area contributed by atoms with E-state index >= 15 is 0 Å². The molecule has 0 aliphatic carbocycles. The summed E-state index contributed by atoms with van der Waals surface area (Å²) in [6.07, 6.45) is 2.22. The second-order valence-electron chi connectivity index (χ2n) is 4.36. The van der Waals surface area contributed by atoms with Gasteiger partial charge in [-0.05, 0) is 18.1 Å². The van der Waals surface area contributed by atoms with Crippen molar-refractivity contribution in [3.8, 4) is 17.2 Å². The van der Waals surface area contributed by atoms with E-state index in [0.717, 1.165) is 35.5 Å². The summed E-state index contributed by atoms with van der Waals surface area (Å²) in [6, 6.07) is 3.72. The van der Waals surface area contributed by atoms with Crippen molar-refractivity contribution < 1.29 is 19.0 Å². The molecule has 0 spiro atoms. The van der Waals surface area contributed by atoms with Crippen LogP contribution in [0.25, 0.3) is 0 Å². The molecular formula is C14H18O4. The Morgan fingerprint density at radius 3 is 2.89 bits per heavy atom. The summed E-state index contributed by atoms with van der Waals surface area (Å²) in [7, 11) is 1.62. The van der Waals surface area contributed by atoms with Gasteiger partial charge in [0.25, 0.3) is 0 Å². The van der Waals surface area contributed by atoms with E-state index in [9.17, 15) is 4.79 Å². The SMILES string of the molecule is COc1ccc2c(c1C(C)CC=O)OCCCO2. The van der Waals surface area contributed by atoms with Crippen LogP contribution in [0.1, 0.15) is 31.2 Å². The van der Waals surface area contributed by atoms with E-state index in [2.05, 4.69) is 0 Å². The number of hydrogen-bond acceptors (Lipinski definition) is 4. The monoisotopic (exact) mass is 250 g/mol. The molecule has 1 atom stereocenters. The highest BCUT2D eigenvalue weighted by Gasteiger charge is 2.23. The van der Waals surface area contributed by atoms with Gasteiger partial charge in [-0.25, -0.2) is 0 Å². The lowest BCUT2D eigenvalue weighted by atomic mass is 9.96. The number of carbonyl (C=O) groups is 1. The van der Waals surface area contributed by atoms with Gasteiger partial charge in [0, 0.05) is 18.4 Å². The zero-order valence-corrected chi connectivity index (χ0v) is 10.8. The highest BCUT2D eigenvalue weighted by atomic mass is 16.5. The second-order valence-corrected chi connectivity index (χ2v) is 4.36. The Kier molecular flexibility index (Phi) is 4.07. The Labute approximate surface area is 107 Å². The zero-order chi connectivity index (χ0) is 13.0. The van der Waals surface area contributed by atoms with Crippen molar-refractivity contribution in [2.24, 2.45) is 0 Å². The third-order valence-electron chi connectivity index (χ3n) is 3.08. The lowest BCUT2D eigenvalue weighted by Gasteiger charge is -2.19. The van der Waals surface area contributed by atoms with E-state index < -0.39 is 0 Å². The van der Waals surface area contributed by atoms with E-state index in [1.165, 1.54) is 0 Å². The minimum absolute atomic E-state index is 0.0501. The molecule has 98 valence electrons. The van der Waals surface area contributed by atoms with Crippen molar-refractivity contribution in [2.45, 2.75) is 25.7 Å². The van der Waals surface area contributed by atoms with Crippen LogP contribution in [0.5, 0.6) is 17.2 Å². The van der Waals surface area contributed by atoms with Crippen LogP contribution in [0, 0.1) is 0 Å². The fraction of sp³-hybridized carbons (Fsp3) is 0.500. The number of aldehydes is 1. The highest BCUT2D eigenvalue weighted by molar-refractivity contribution is 5.59. The molecule has 1 aromatic carbocycles. The van der Waals surface area contributed by atoms with Crippen molar-refractivity contribution in [1.82, 2.24) is 0 Å². The van der Waals surface area contributed by atoms with E-state index in [4.69, 9.17) is 14.2 Å². The molecule has 18 heavy (non-hydrogen) atoms. The smallest absolute Gasteiger partial charge is 0.168 e. The second kappa shape index (κ2) is 5.76. The van der Waals surface area contributed by atoms with Crippen molar-refractivity contribution >= 4 is 6.29 Å². The van der Waals surface area contributed by atoms with Crippen LogP contribution in [-0.4, -0.2) is 26.6 Å². The zero-order valence-electron chi connectivity index (χ0n) is 10.8. The maximum Gasteiger partial charge on any atom is 0.168 e. The van der Waals surface area contributed by atoms with Crippen LogP contribution < -0.4 is 14.2 Å². The fourth-order valence-electron chi connectivity index (χ4n) is 2.15. The Balaban J connectivity index is 2.48. The molecule has 1 unspecified atom stereocenters. The maximum atomic E-state index is 10.7. The molecule has 2 rings (SSSR count). The standard InChI is InChI=1S/C14H18O4/c1-10(6-7-15)13-11(16-2)4-5-12-14(13)18-9-3-8-17-12/h4-5,7,10H,3,6,8-9H2,1-2H3. The summed E-state index contributed by atoms with van der Waals surface area (Å²) in [5.41, 5.74) is 0.920. The number of methoxy groups -OCH3 is 1. The Morgan fingerprint density at radius 1 is 1.39 bits per heavy atom. The maximum absolute atomic E-state index is 10.7. The van der Waals surface area contributed by atoms with Crippen LogP contribution in [0.15, 0.2) is 12.1 Å². The van der Waals surface area contributed by atoms with Gasteiger partial charge in [0.2, 0.25) is 0 Å². The van der Waals surface area contributed by atoms with E-state index in [0.29, 0.717) is 19.6 Å². The first-order valence-corrected chi connectivity index (χ1v) is 6.18. The number of benzene rings is 1. The van der Waals surface area contributed by atoms with Crippen LogP contribution in [0.2, 0.25) is 0 Å². The number of fused-ring (bicyclic) bond motifs is 1. The molecule has 0 radical (unpaired) electrons. The average molecular weight is 250 g/mol. The van der Waals surface area contributed by atoms with Crippen LogP contribution >= 0.6 is 0 Å². The predicted molar refractivity (Wildman–Crippen MR) is 67.7 cm³/mol. The lowest BCUT2D eigenvalue weighted by Crippen LogP contribution is -2.04. The van der Waals surface area contributed by atoms with Gasteiger partial charge >= 0.3 is 0 Å². The topological polar surface area (TPSA) is 44.8 Å². The summed E-state index contributed by atoms with van der Waals surface area (Å²) < 4.78 is 16.8.